The van der Waals surface area contributed by atoms with Crippen LogP contribution in [0.5, 0.6) is 0 Å². The van der Waals surface area contributed by atoms with E-state index in [0.29, 0.717) is 18.4 Å². The molecule has 2 rings (SSSR count). The van der Waals surface area contributed by atoms with Crippen LogP contribution in [-0.4, -0.2) is 10.1 Å². The first-order chi connectivity index (χ1) is 8.69. The van der Waals surface area contributed by atoms with Gasteiger partial charge in [-0.05, 0) is 30.7 Å². The molecule has 0 aliphatic carbocycles. The van der Waals surface area contributed by atoms with Crippen LogP contribution in [0.4, 0.5) is 5.69 Å². The maximum absolute atomic E-state index is 5.81. The highest BCUT2D eigenvalue weighted by atomic mass is 35.5. The molecule has 96 valence electrons. The van der Waals surface area contributed by atoms with Crippen LogP contribution in [0, 0.1) is 0 Å². The van der Waals surface area contributed by atoms with Gasteiger partial charge in [0.15, 0.2) is 5.82 Å². The van der Waals surface area contributed by atoms with E-state index in [1.54, 1.807) is 0 Å². The fourth-order valence-corrected chi connectivity index (χ4v) is 1.59. The number of nitrogens with zero attached hydrogens (tertiary/aromatic N) is 2. The lowest BCUT2D eigenvalue weighted by atomic mass is 10.1. The number of nitrogens with one attached hydrogen (secondary N) is 1. The molecular weight excluding hydrogens is 250 g/mol. The molecule has 0 aliphatic rings. The summed E-state index contributed by atoms with van der Waals surface area (Å²) in [6, 6.07) is 7.49. The van der Waals surface area contributed by atoms with Crippen LogP contribution in [0.25, 0.3) is 0 Å². The molecule has 0 saturated carbocycles. The first-order valence-corrected chi connectivity index (χ1v) is 6.38. The van der Waals surface area contributed by atoms with Crippen molar-refractivity contribution in [1.82, 2.24) is 10.1 Å². The van der Waals surface area contributed by atoms with Gasteiger partial charge in [-0.3, -0.25) is 0 Å². The van der Waals surface area contributed by atoms with E-state index in [2.05, 4.69) is 29.3 Å². The van der Waals surface area contributed by atoms with Crippen molar-refractivity contribution in [1.29, 1.82) is 0 Å². The molecule has 1 aromatic carbocycles. The molecule has 1 heterocycles. The maximum Gasteiger partial charge on any atom is 0.245 e. The first-order valence-electron chi connectivity index (χ1n) is 6.01. The molecule has 4 nitrogen and oxygen atoms in total. The molecule has 0 amide bonds. The highest BCUT2D eigenvalue weighted by Gasteiger charge is 2.11. The highest BCUT2D eigenvalue weighted by Crippen LogP contribution is 2.16. The molecule has 0 saturated heterocycles. The van der Waals surface area contributed by atoms with Crippen molar-refractivity contribution in [2.75, 3.05) is 5.32 Å². The molecule has 18 heavy (non-hydrogen) atoms. The van der Waals surface area contributed by atoms with Crippen LogP contribution in [0.15, 0.2) is 28.8 Å². The summed E-state index contributed by atoms with van der Waals surface area (Å²) >= 11 is 5.81. The summed E-state index contributed by atoms with van der Waals surface area (Å²) in [4.78, 5) is 4.35. The molecule has 0 fully saturated rings. The van der Waals surface area contributed by atoms with Crippen molar-refractivity contribution in [3.63, 3.8) is 0 Å². The molecule has 1 atom stereocenters. The molecule has 0 radical (unpaired) electrons. The van der Waals surface area contributed by atoms with Gasteiger partial charge in [0.2, 0.25) is 5.89 Å². The molecule has 0 bridgehead atoms. The number of hydrogen-bond acceptors (Lipinski definition) is 4. The molecule has 1 aromatic heterocycles. The first kappa shape index (κ1) is 12.9. The molecule has 5 heteroatoms. The van der Waals surface area contributed by atoms with E-state index >= 15 is 0 Å². The Morgan fingerprint density at radius 2 is 2.06 bits per heavy atom. The Morgan fingerprint density at radius 1 is 1.33 bits per heavy atom. The second-order valence-electron chi connectivity index (χ2n) is 4.22. The largest absolute Gasteiger partial charge is 0.376 e. The van der Waals surface area contributed by atoms with Crippen molar-refractivity contribution < 1.29 is 4.52 Å². The van der Waals surface area contributed by atoms with Crippen LogP contribution >= 0.6 is 11.6 Å². The fourth-order valence-electron chi connectivity index (χ4n) is 1.47. The Kier molecular flexibility index (Phi) is 4.20. The number of halogens is 1. The molecular formula is C13H16ClN3O. The zero-order valence-corrected chi connectivity index (χ0v) is 11.2. The predicted octanol–water partition coefficient (Wildman–Crippen LogP) is 3.85. The Hall–Kier alpha value is -1.55. The zero-order valence-electron chi connectivity index (χ0n) is 10.5. The predicted molar refractivity (Wildman–Crippen MR) is 71.8 cm³/mol. The SMILES string of the molecule is CCC(C)c1noc(CNc2ccc(Cl)cc2)n1. The van der Waals surface area contributed by atoms with Gasteiger partial charge in [0, 0.05) is 16.6 Å². The fraction of sp³-hybridized carbons (Fsp3) is 0.385. The number of anilines is 1. The smallest absolute Gasteiger partial charge is 0.245 e. The minimum Gasteiger partial charge on any atom is -0.376 e. The van der Waals surface area contributed by atoms with E-state index in [-0.39, 0.29) is 0 Å². The Morgan fingerprint density at radius 3 is 2.72 bits per heavy atom. The summed E-state index contributed by atoms with van der Waals surface area (Å²) in [5.74, 6) is 1.70. The normalized spacial score (nSPS) is 12.4. The van der Waals surface area contributed by atoms with Gasteiger partial charge < -0.3 is 9.84 Å². The number of benzene rings is 1. The van der Waals surface area contributed by atoms with Crippen LogP contribution in [0.1, 0.15) is 37.9 Å². The standard InChI is InChI=1S/C13H16ClN3O/c1-3-9(2)13-16-12(18-17-13)8-15-11-6-4-10(14)5-7-11/h4-7,9,15H,3,8H2,1-2H3. The van der Waals surface area contributed by atoms with Crippen molar-refractivity contribution in [3.8, 4) is 0 Å². The third-order valence-electron chi connectivity index (χ3n) is 2.82. The van der Waals surface area contributed by atoms with Gasteiger partial charge in [0.05, 0.1) is 6.54 Å². The van der Waals surface area contributed by atoms with Crippen molar-refractivity contribution in [2.24, 2.45) is 0 Å². The van der Waals surface area contributed by atoms with E-state index in [0.717, 1.165) is 23.0 Å². The molecule has 2 aromatic rings. The van der Waals surface area contributed by atoms with Crippen molar-refractivity contribution in [2.45, 2.75) is 32.7 Å². The quantitative estimate of drug-likeness (QED) is 0.892. The van der Waals surface area contributed by atoms with Crippen LogP contribution < -0.4 is 5.32 Å². The van der Waals surface area contributed by atoms with Crippen LogP contribution in [0.3, 0.4) is 0 Å². The van der Waals surface area contributed by atoms with Crippen molar-refractivity contribution >= 4 is 17.3 Å². The molecule has 1 N–H and O–H groups in total. The minimum absolute atomic E-state index is 0.332. The van der Waals surface area contributed by atoms with Gasteiger partial charge in [-0.15, -0.1) is 0 Å². The second kappa shape index (κ2) is 5.87. The van der Waals surface area contributed by atoms with Gasteiger partial charge >= 0.3 is 0 Å². The zero-order chi connectivity index (χ0) is 13.0. The van der Waals surface area contributed by atoms with E-state index in [1.807, 2.05) is 24.3 Å². The Labute approximate surface area is 111 Å². The summed E-state index contributed by atoms with van der Waals surface area (Å²) in [5, 5.41) is 7.89. The number of aromatic nitrogens is 2. The van der Waals surface area contributed by atoms with Crippen LogP contribution in [0.2, 0.25) is 5.02 Å². The highest BCUT2D eigenvalue weighted by molar-refractivity contribution is 6.30. The number of hydrogen-bond donors (Lipinski definition) is 1. The van der Waals surface area contributed by atoms with Gasteiger partial charge in [0.1, 0.15) is 0 Å². The van der Waals surface area contributed by atoms with Gasteiger partial charge in [-0.25, -0.2) is 0 Å². The summed E-state index contributed by atoms with van der Waals surface area (Å²) in [6.07, 6.45) is 1.00. The van der Waals surface area contributed by atoms with Gasteiger partial charge in [0.25, 0.3) is 0 Å². The Balaban J connectivity index is 1.94. The lowest BCUT2D eigenvalue weighted by Crippen LogP contribution is -2.00. The van der Waals surface area contributed by atoms with Crippen molar-refractivity contribution in [3.05, 3.63) is 41.0 Å². The second-order valence-corrected chi connectivity index (χ2v) is 4.65. The summed E-state index contributed by atoms with van der Waals surface area (Å²) < 4.78 is 5.18. The van der Waals surface area contributed by atoms with Gasteiger partial charge in [-0.2, -0.15) is 4.98 Å². The van der Waals surface area contributed by atoms with E-state index < -0.39 is 0 Å². The Bertz CT molecular complexity index is 495. The number of rotatable bonds is 5. The summed E-state index contributed by atoms with van der Waals surface area (Å²) in [5.41, 5.74) is 0.975. The third-order valence-corrected chi connectivity index (χ3v) is 3.08. The molecule has 1 unspecified atom stereocenters. The van der Waals surface area contributed by atoms with Crippen LogP contribution in [-0.2, 0) is 6.54 Å². The van der Waals surface area contributed by atoms with E-state index in [4.69, 9.17) is 16.1 Å². The lowest BCUT2D eigenvalue weighted by molar-refractivity contribution is 0.374. The maximum atomic E-state index is 5.81. The average Bonchev–Trinajstić information content (AvgIpc) is 2.86. The van der Waals surface area contributed by atoms with E-state index in [9.17, 15) is 0 Å². The molecule has 0 aliphatic heterocycles. The van der Waals surface area contributed by atoms with E-state index in [1.165, 1.54) is 0 Å². The third kappa shape index (κ3) is 3.23. The lowest BCUT2D eigenvalue weighted by Gasteiger charge is -2.02. The average molecular weight is 266 g/mol. The topological polar surface area (TPSA) is 51.0 Å². The monoisotopic (exact) mass is 265 g/mol. The molecule has 0 spiro atoms. The summed E-state index contributed by atoms with van der Waals surface area (Å²) in [7, 11) is 0. The summed E-state index contributed by atoms with van der Waals surface area (Å²) in [6.45, 7) is 4.71. The van der Waals surface area contributed by atoms with Gasteiger partial charge in [-0.1, -0.05) is 30.6 Å². The minimum atomic E-state index is 0.332.